The Balaban J connectivity index is 1.63. The first-order valence-corrected chi connectivity index (χ1v) is 10.3. The number of aromatic nitrogens is 3. The highest BCUT2D eigenvalue weighted by atomic mass is 19.4. The molecule has 4 heterocycles. The number of rotatable bonds is 3. The predicted molar refractivity (Wildman–Crippen MR) is 110 cm³/mol. The zero-order chi connectivity index (χ0) is 23.2. The molecular weight excluding hydrogens is 444 g/mol. The minimum atomic E-state index is -4.55. The number of furan rings is 1. The average Bonchev–Trinajstić information content (AvgIpc) is 3.20. The molecule has 1 aliphatic heterocycles. The number of benzene rings is 1. The number of halogens is 4. The van der Waals surface area contributed by atoms with Crippen molar-refractivity contribution in [3.63, 3.8) is 0 Å². The third-order valence-corrected chi connectivity index (χ3v) is 5.48. The van der Waals surface area contributed by atoms with Gasteiger partial charge in [0.1, 0.15) is 35.6 Å². The Bertz CT molecular complexity index is 1340. The SMILES string of the molecule is O=C(c1cc2c(cn1)c(-c1coc3ccc(F)cc13)nn2CC(F)(F)F)N1CCCOCC1. The molecular formula is C22H18F4N4O3. The molecule has 0 radical (unpaired) electrons. The number of amides is 1. The molecule has 5 rings (SSSR count). The van der Waals surface area contributed by atoms with Gasteiger partial charge in [0.25, 0.3) is 5.91 Å². The quantitative estimate of drug-likeness (QED) is 0.422. The van der Waals surface area contributed by atoms with E-state index in [2.05, 4.69) is 10.1 Å². The van der Waals surface area contributed by atoms with Crippen LogP contribution in [0.2, 0.25) is 0 Å². The van der Waals surface area contributed by atoms with Gasteiger partial charge in [0.05, 0.1) is 12.1 Å². The van der Waals surface area contributed by atoms with Crippen LogP contribution in [-0.2, 0) is 11.3 Å². The summed E-state index contributed by atoms with van der Waals surface area (Å²) in [6.45, 7) is 0.407. The molecule has 0 aliphatic carbocycles. The van der Waals surface area contributed by atoms with Crippen molar-refractivity contribution in [2.24, 2.45) is 0 Å². The molecule has 1 fully saturated rings. The van der Waals surface area contributed by atoms with E-state index in [1.165, 1.54) is 36.7 Å². The standard InChI is InChI=1S/C22H18F4N4O3/c23-13-2-3-19-14(8-13)16(11-33-19)20-15-10-27-17(21(31)29-4-1-6-32-7-5-29)9-18(15)30(28-20)12-22(24,25)26/h2-3,8-11H,1,4-7,12H2. The van der Waals surface area contributed by atoms with Gasteiger partial charge in [-0.15, -0.1) is 0 Å². The first-order valence-electron chi connectivity index (χ1n) is 10.3. The van der Waals surface area contributed by atoms with Gasteiger partial charge >= 0.3 is 6.18 Å². The lowest BCUT2D eigenvalue weighted by Crippen LogP contribution is -2.33. The second kappa shape index (κ2) is 8.14. The van der Waals surface area contributed by atoms with Crippen LogP contribution < -0.4 is 0 Å². The monoisotopic (exact) mass is 462 g/mol. The minimum absolute atomic E-state index is 0.0161. The summed E-state index contributed by atoms with van der Waals surface area (Å²) in [5, 5.41) is 4.82. The summed E-state index contributed by atoms with van der Waals surface area (Å²) in [7, 11) is 0. The fraction of sp³-hybridized carbons (Fsp3) is 0.318. The Morgan fingerprint density at radius 1 is 1.12 bits per heavy atom. The molecule has 0 bridgehead atoms. The van der Waals surface area contributed by atoms with Crippen LogP contribution in [0.3, 0.4) is 0 Å². The van der Waals surface area contributed by atoms with E-state index in [1.54, 1.807) is 4.90 Å². The van der Waals surface area contributed by atoms with Crippen LogP contribution in [0.15, 0.2) is 41.1 Å². The van der Waals surface area contributed by atoms with Crippen molar-refractivity contribution < 1.29 is 31.5 Å². The van der Waals surface area contributed by atoms with E-state index in [0.29, 0.717) is 54.6 Å². The number of hydrogen-bond donors (Lipinski definition) is 0. The second-order valence-corrected chi connectivity index (χ2v) is 7.76. The minimum Gasteiger partial charge on any atom is -0.464 e. The average molecular weight is 462 g/mol. The molecule has 0 N–H and O–H groups in total. The molecule has 3 aromatic heterocycles. The summed E-state index contributed by atoms with van der Waals surface area (Å²) in [5.41, 5.74) is 0.974. The first kappa shape index (κ1) is 21.4. The Hall–Kier alpha value is -3.47. The molecule has 0 spiro atoms. The van der Waals surface area contributed by atoms with E-state index >= 15 is 0 Å². The first-order chi connectivity index (χ1) is 15.8. The molecule has 0 atom stereocenters. The number of pyridine rings is 1. The van der Waals surface area contributed by atoms with Gasteiger partial charge in [0.2, 0.25) is 0 Å². The van der Waals surface area contributed by atoms with Gasteiger partial charge in [-0.25, -0.2) is 4.39 Å². The molecule has 11 heteroatoms. The van der Waals surface area contributed by atoms with E-state index in [9.17, 15) is 22.4 Å². The fourth-order valence-electron chi connectivity index (χ4n) is 3.97. The molecule has 33 heavy (non-hydrogen) atoms. The molecule has 1 amide bonds. The molecule has 1 aliphatic rings. The highest BCUT2D eigenvalue weighted by Gasteiger charge is 2.31. The predicted octanol–water partition coefficient (Wildman–Crippen LogP) is 4.41. The Labute approximate surface area is 184 Å². The molecule has 1 saturated heterocycles. The number of hydrogen-bond acceptors (Lipinski definition) is 5. The van der Waals surface area contributed by atoms with Gasteiger partial charge < -0.3 is 14.1 Å². The van der Waals surface area contributed by atoms with Crippen LogP contribution in [0, 0.1) is 5.82 Å². The van der Waals surface area contributed by atoms with E-state index in [1.807, 2.05) is 0 Å². The van der Waals surface area contributed by atoms with Crippen LogP contribution in [-0.4, -0.2) is 58.1 Å². The van der Waals surface area contributed by atoms with Gasteiger partial charge in [-0.1, -0.05) is 0 Å². The topological polar surface area (TPSA) is 73.4 Å². The summed E-state index contributed by atoms with van der Waals surface area (Å²) in [6.07, 6.45) is -1.24. The number of alkyl halides is 3. The van der Waals surface area contributed by atoms with Gasteiger partial charge in [0.15, 0.2) is 0 Å². The number of fused-ring (bicyclic) bond motifs is 2. The molecule has 7 nitrogen and oxygen atoms in total. The summed E-state index contributed by atoms with van der Waals surface area (Å²) in [6, 6.07) is 5.20. The van der Waals surface area contributed by atoms with Gasteiger partial charge in [0, 0.05) is 42.2 Å². The van der Waals surface area contributed by atoms with Crippen molar-refractivity contribution >= 4 is 27.8 Å². The lowest BCUT2D eigenvalue weighted by Gasteiger charge is -2.19. The Kier molecular flexibility index (Phi) is 5.28. The summed E-state index contributed by atoms with van der Waals surface area (Å²) in [4.78, 5) is 18.7. The molecule has 0 saturated carbocycles. The van der Waals surface area contributed by atoms with Crippen molar-refractivity contribution in [1.82, 2.24) is 19.7 Å². The van der Waals surface area contributed by atoms with E-state index in [0.717, 1.165) is 4.68 Å². The van der Waals surface area contributed by atoms with Crippen LogP contribution in [0.25, 0.3) is 33.1 Å². The highest BCUT2D eigenvalue weighted by molar-refractivity contribution is 6.03. The zero-order valence-corrected chi connectivity index (χ0v) is 17.2. The lowest BCUT2D eigenvalue weighted by atomic mass is 10.1. The van der Waals surface area contributed by atoms with Crippen molar-refractivity contribution in [3.05, 3.63) is 48.2 Å². The maximum Gasteiger partial charge on any atom is 0.408 e. The third-order valence-electron chi connectivity index (χ3n) is 5.48. The molecule has 172 valence electrons. The summed E-state index contributed by atoms with van der Waals surface area (Å²) >= 11 is 0. The maximum absolute atomic E-state index is 13.8. The Morgan fingerprint density at radius 3 is 2.79 bits per heavy atom. The van der Waals surface area contributed by atoms with E-state index in [-0.39, 0.29) is 22.8 Å². The third kappa shape index (κ3) is 4.15. The lowest BCUT2D eigenvalue weighted by molar-refractivity contribution is -0.141. The van der Waals surface area contributed by atoms with Crippen molar-refractivity contribution in [2.45, 2.75) is 19.1 Å². The Morgan fingerprint density at radius 2 is 1.97 bits per heavy atom. The van der Waals surface area contributed by atoms with Crippen LogP contribution in [0.4, 0.5) is 17.6 Å². The van der Waals surface area contributed by atoms with Gasteiger partial charge in [-0.3, -0.25) is 14.5 Å². The van der Waals surface area contributed by atoms with Crippen molar-refractivity contribution in [1.29, 1.82) is 0 Å². The normalized spacial score (nSPS) is 15.3. The van der Waals surface area contributed by atoms with Crippen molar-refractivity contribution in [2.75, 3.05) is 26.3 Å². The molecule has 0 unspecified atom stereocenters. The van der Waals surface area contributed by atoms with Crippen LogP contribution in [0.5, 0.6) is 0 Å². The largest absolute Gasteiger partial charge is 0.464 e. The van der Waals surface area contributed by atoms with E-state index in [4.69, 9.17) is 9.15 Å². The van der Waals surface area contributed by atoms with Crippen molar-refractivity contribution in [3.8, 4) is 11.3 Å². The molecule has 4 aromatic rings. The number of ether oxygens (including phenoxy) is 1. The smallest absolute Gasteiger partial charge is 0.408 e. The number of carbonyl (C=O) groups is 1. The number of carbonyl (C=O) groups excluding carboxylic acids is 1. The molecule has 1 aromatic carbocycles. The van der Waals surface area contributed by atoms with Crippen LogP contribution >= 0.6 is 0 Å². The zero-order valence-electron chi connectivity index (χ0n) is 17.2. The summed E-state index contributed by atoms with van der Waals surface area (Å²) < 4.78 is 65.3. The van der Waals surface area contributed by atoms with Gasteiger partial charge in [-0.2, -0.15) is 18.3 Å². The fourth-order valence-corrected chi connectivity index (χ4v) is 3.97. The highest BCUT2D eigenvalue weighted by Crippen LogP contribution is 2.36. The number of nitrogens with zero attached hydrogens (tertiary/aromatic N) is 4. The summed E-state index contributed by atoms with van der Waals surface area (Å²) in [5.74, 6) is -0.906. The van der Waals surface area contributed by atoms with E-state index < -0.39 is 18.5 Å². The second-order valence-electron chi connectivity index (χ2n) is 7.76. The van der Waals surface area contributed by atoms with Gasteiger partial charge in [-0.05, 0) is 30.7 Å². The van der Waals surface area contributed by atoms with Crippen LogP contribution in [0.1, 0.15) is 16.9 Å². The maximum atomic E-state index is 13.8.